The van der Waals surface area contributed by atoms with Crippen LogP contribution in [0.1, 0.15) is 49.7 Å². The summed E-state index contributed by atoms with van der Waals surface area (Å²) in [5.74, 6) is -1.85. The molecule has 38 heavy (non-hydrogen) atoms. The number of rotatable bonds is 12. The van der Waals surface area contributed by atoms with E-state index in [1.807, 2.05) is 60.7 Å². The van der Waals surface area contributed by atoms with E-state index in [0.29, 0.717) is 32.5 Å². The highest BCUT2D eigenvalue weighted by Crippen LogP contribution is 2.58. The first-order valence-corrected chi connectivity index (χ1v) is 13.8. The van der Waals surface area contributed by atoms with Gasteiger partial charge < -0.3 is 25.4 Å². The van der Waals surface area contributed by atoms with Crippen molar-refractivity contribution in [3.8, 4) is 0 Å². The lowest BCUT2D eigenvalue weighted by atomic mass is 9.70. The lowest BCUT2D eigenvalue weighted by molar-refractivity contribution is -0.142. The lowest BCUT2D eigenvalue weighted by Crippen LogP contribution is -2.55. The largest absolute Gasteiger partial charge is 0.396 e. The van der Waals surface area contributed by atoms with E-state index in [2.05, 4.69) is 10.6 Å². The number of carbonyl (C=O) groups excluding carboxylic acids is 3. The number of hydrogen-bond donors (Lipinski definition) is 3. The molecule has 202 valence electrons. The zero-order chi connectivity index (χ0) is 26.5. The average Bonchev–Trinajstić information content (AvgIpc) is 3.59. The van der Waals surface area contributed by atoms with Crippen LogP contribution in [0, 0.1) is 11.8 Å². The van der Waals surface area contributed by atoms with Gasteiger partial charge in [0.05, 0.1) is 17.9 Å². The van der Waals surface area contributed by atoms with Crippen LogP contribution in [0.4, 0.5) is 0 Å². The van der Waals surface area contributed by atoms with Crippen molar-refractivity contribution in [3.63, 3.8) is 0 Å². The van der Waals surface area contributed by atoms with Gasteiger partial charge in [0.2, 0.25) is 17.7 Å². The SMILES string of the molecule is O=C(NCc1ccccc1)C1N(CCCCCCO)C(=O)[C@@H]2[C@H](C(=O)NCc3ccccc3)[C@@H]3CCC12O3. The summed E-state index contributed by atoms with van der Waals surface area (Å²) in [6, 6.07) is 18.6. The number of unbranched alkanes of at least 4 members (excludes halogenated alkanes) is 3. The maximum Gasteiger partial charge on any atom is 0.246 e. The van der Waals surface area contributed by atoms with Gasteiger partial charge in [0.15, 0.2) is 0 Å². The topological polar surface area (TPSA) is 108 Å². The number of nitrogens with one attached hydrogen (secondary N) is 2. The van der Waals surface area contributed by atoms with Gasteiger partial charge >= 0.3 is 0 Å². The predicted molar refractivity (Wildman–Crippen MR) is 141 cm³/mol. The van der Waals surface area contributed by atoms with Crippen molar-refractivity contribution in [1.82, 2.24) is 15.5 Å². The fourth-order valence-corrected chi connectivity index (χ4v) is 6.53. The first-order valence-electron chi connectivity index (χ1n) is 13.8. The molecule has 0 saturated carbocycles. The number of likely N-dealkylation sites (tertiary alicyclic amines) is 1. The molecule has 5 atom stereocenters. The monoisotopic (exact) mass is 519 g/mol. The van der Waals surface area contributed by atoms with E-state index in [1.54, 1.807) is 4.90 Å². The first kappa shape index (κ1) is 26.4. The smallest absolute Gasteiger partial charge is 0.246 e. The summed E-state index contributed by atoms with van der Waals surface area (Å²) in [7, 11) is 0. The Morgan fingerprint density at radius 1 is 0.895 bits per heavy atom. The van der Waals surface area contributed by atoms with Gasteiger partial charge in [-0.05, 0) is 36.8 Å². The highest BCUT2D eigenvalue weighted by atomic mass is 16.5. The van der Waals surface area contributed by atoms with Crippen molar-refractivity contribution in [2.24, 2.45) is 11.8 Å². The minimum Gasteiger partial charge on any atom is -0.396 e. The molecule has 3 aliphatic heterocycles. The molecule has 3 N–H and O–H groups in total. The van der Waals surface area contributed by atoms with Gasteiger partial charge in [-0.15, -0.1) is 0 Å². The predicted octanol–water partition coefficient (Wildman–Crippen LogP) is 2.55. The molecule has 0 aliphatic carbocycles. The van der Waals surface area contributed by atoms with Gasteiger partial charge in [-0.2, -0.15) is 0 Å². The van der Waals surface area contributed by atoms with Crippen LogP contribution in [-0.4, -0.2) is 58.6 Å². The minimum atomic E-state index is -0.984. The van der Waals surface area contributed by atoms with Crippen LogP contribution in [-0.2, 0) is 32.2 Å². The van der Waals surface area contributed by atoms with E-state index in [0.717, 1.165) is 36.8 Å². The molecule has 1 spiro atoms. The van der Waals surface area contributed by atoms with Gasteiger partial charge in [-0.3, -0.25) is 14.4 Å². The van der Waals surface area contributed by atoms with Crippen molar-refractivity contribution in [3.05, 3.63) is 71.8 Å². The van der Waals surface area contributed by atoms with Crippen LogP contribution in [0.2, 0.25) is 0 Å². The highest BCUT2D eigenvalue weighted by molar-refractivity contribution is 5.98. The van der Waals surface area contributed by atoms with E-state index < -0.39 is 23.5 Å². The summed E-state index contributed by atoms with van der Waals surface area (Å²) in [4.78, 5) is 42.7. The summed E-state index contributed by atoms with van der Waals surface area (Å²) in [6.07, 6.45) is 4.03. The molecular weight excluding hydrogens is 482 g/mol. The summed E-state index contributed by atoms with van der Waals surface area (Å²) in [5, 5.41) is 15.1. The molecule has 2 aromatic rings. The van der Waals surface area contributed by atoms with Crippen molar-refractivity contribution in [1.29, 1.82) is 0 Å². The number of hydrogen-bond acceptors (Lipinski definition) is 5. The zero-order valence-corrected chi connectivity index (χ0v) is 21.7. The van der Waals surface area contributed by atoms with Crippen molar-refractivity contribution in [2.75, 3.05) is 13.2 Å². The summed E-state index contributed by atoms with van der Waals surface area (Å²) in [5.41, 5.74) is 0.979. The molecule has 2 aromatic carbocycles. The molecule has 0 aromatic heterocycles. The van der Waals surface area contributed by atoms with Gasteiger partial charge in [0, 0.05) is 26.2 Å². The van der Waals surface area contributed by atoms with E-state index in [9.17, 15) is 14.4 Å². The third kappa shape index (κ3) is 5.07. The first-order chi connectivity index (χ1) is 18.5. The third-order valence-electron chi connectivity index (χ3n) is 8.28. The van der Waals surface area contributed by atoms with Gasteiger partial charge in [-0.1, -0.05) is 73.5 Å². The van der Waals surface area contributed by atoms with Crippen LogP contribution in [0.3, 0.4) is 0 Å². The fraction of sp³-hybridized carbons (Fsp3) is 0.500. The number of benzene rings is 2. The minimum absolute atomic E-state index is 0.146. The van der Waals surface area contributed by atoms with E-state index in [1.165, 1.54) is 0 Å². The lowest BCUT2D eigenvalue weighted by Gasteiger charge is -2.33. The Labute approximate surface area is 223 Å². The second-order valence-corrected chi connectivity index (χ2v) is 10.6. The summed E-state index contributed by atoms with van der Waals surface area (Å²) >= 11 is 0. The average molecular weight is 520 g/mol. The number of aliphatic hydroxyl groups is 1. The molecular formula is C30H37N3O5. The number of nitrogens with zero attached hydrogens (tertiary/aromatic N) is 1. The Hall–Kier alpha value is -3.23. The molecule has 3 fully saturated rings. The number of aliphatic hydroxyl groups excluding tert-OH is 1. The van der Waals surface area contributed by atoms with Crippen molar-refractivity contribution in [2.45, 2.75) is 69.4 Å². The maximum atomic E-state index is 13.9. The van der Waals surface area contributed by atoms with Crippen molar-refractivity contribution >= 4 is 17.7 Å². The van der Waals surface area contributed by atoms with Gasteiger partial charge in [0.1, 0.15) is 11.6 Å². The molecule has 3 amide bonds. The maximum absolute atomic E-state index is 13.9. The molecule has 0 radical (unpaired) electrons. The Bertz CT molecular complexity index is 1130. The van der Waals surface area contributed by atoms with E-state index >= 15 is 0 Å². The number of ether oxygens (including phenoxy) is 1. The summed E-state index contributed by atoms with van der Waals surface area (Å²) < 4.78 is 6.48. The second kappa shape index (κ2) is 11.7. The number of carbonyl (C=O) groups is 3. The van der Waals surface area contributed by atoms with Crippen molar-refractivity contribution < 1.29 is 24.2 Å². The van der Waals surface area contributed by atoms with Crippen LogP contribution in [0.5, 0.6) is 0 Å². The molecule has 2 unspecified atom stereocenters. The Kier molecular flexibility index (Phi) is 8.09. The standard InChI is InChI=1S/C30H37N3O5/c34-18-10-2-1-9-17-33-26(28(36)32-20-22-13-7-4-8-14-22)30-16-15-23(38-30)24(25(30)29(33)37)27(35)31-19-21-11-5-3-6-12-21/h3-8,11-14,23-26,34H,1-2,9-10,15-20H2,(H,31,35)(H,32,36)/t23-,24+,25-,26?,30?/m0/s1. The number of amides is 3. The molecule has 3 heterocycles. The molecule has 3 aliphatic rings. The van der Waals surface area contributed by atoms with Gasteiger partial charge in [0.25, 0.3) is 0 Å². The Morgan fingerprint density at radius 3 is 2.13 bits per heavy atom. The molecule has 8 nitrogen and oxygen atoms in total. The third-order valence-corrected chi connectivity index (χ3v) is 8.28. The van der Waals surface area contributed by atoms with E-state index in [-0.39, 0.29) is 30.4 Å². The highest BCUT2D eigenvalue weighted by Gasteiger charge is 2.74. The Balaban J connectivity index is 1.34. The molecule has 2 bridgehead atoms. The zero-order valence-electron chi connectivity index (χ0n) is 21.7. The fourth-order valence-electron chi connectivity index (χ4n) is 6.53. The van der Waals surface area contributed by atoms with Crippen LogP contribution < -0.4 is 10.6 Å². The Morgan fingerprint density at radius 2 is 1.50 bits per heavy atom. The van der Waals surface area contributed by atoms with Crippen LogP contribution >= 0.6 is 0 Å². The normalized spacial score (nSPS) is 27.4. The molecule has 5 rings (SSSR count). The quantitative estimate of drug-likeness (QED) is 0.374. The molecule has 8 heteroatoms. The second-order valence-electron chi connectivity index (χ2n) is 10.6. The van der Waals surface area contributed by atoms with Crippen LogP contribution in [0.15, 0.2) is 60.7 Å². The van der Waals surface area contributed by atoms with Gasteiger partial charge in [-0.25, -0.2) is 0 Å². The summed E-state index contributed by atoms with van der Waals surface area (Å²) in [6.45, 7) is 1.32. The molecule has 3 saturated heterocycles. The van der Waals surface area contributed by atoms with E-state index in [4.69, 9.17) is 9.84 Å². The number of fused-ring (bicyclic) bond motifs is 1. The van der Waals surface area contributed by atoms with Crippen LogP contribution in [0.25, 0.3) is 0 Å².